The van der Waals surface area contributed by atoms with Crippen molar-refractivity contribution in [3.63, 3.8) is 0 Å². The summed E-state index contributed by atoms with van der Waals surface area (Å²) in [7, 11) is 1.89. The Morgan fingerprint density at radius 1 is 1.26 bits per heavy atom. The number of anilines is 1. The summed E-state index contributed by atoms with van der Waals surface area (Å²) in [6.07, 6.45) is 4.69. The smallest absolute Gasteiger partial charge is 0.232 e. The normalized spacial score (nSPS) is 23.3. The molecule has 2 amide bonds. The van der Waals surface area contributed by atoms with E-state index in [0.29, 0.717) is 11.5 Å². The van der Waals surface area contributed by atoms with Gasteiger partial charge in [0, 0.05) is 25.2 Å². The summed E-state index contributed by atoms with van der Waals surface area (Å²) in [6.45, 7) is 4.59. The highest BCUT2D eigenvalue weighted by Gasteiger charge is 2.35. The average molecular weight is 314 g/mol. The number of carbonyl (C=O) groups excluding carboxylic acids is 2. The van der Waals surface area contributed by atoms with Gasteiger partial charge < -0.3 is 10.2 Å². The van der Waals surface area contributed by atoms with Crippen molar-refractivity contribution < 1.29 is 9.59 Å². The van der Waals surface area contributed by atoms with Gasteiger partial charge in [-0.3, -0.25) is 9.59 Å². The average Bonchev–Trinajstić information content (AvgIpc) is 2.82. The molecule has 1 aromatic carbocycles. The van der Waals surface area contributed by atoms with E-state index < -0.39 is 0 Å². The second-order valence-corrected chi connectivity index (χ2v) is 7.73. The third-order valence-electron chi connectivity index (χ3n) is 5.54. The lowest BCUT2D eigenvalue weighted by Gasteiger charge is -2.38. The molecular weight excluding hydrogens is 288 g/mol. The molecular formula is C19H26N2O2. The molecule has 1 aliphatic carbocycles. The molecule has 1 saturated carbocycles. The van der Waals surface area contributed by atoms with E-state index in [2.05, 4.69) is 19.2 Å². The minimum atomic E-state index is -0.346. The Bertz CT molecular complexity index is 614. The molecule has 1 heterocycles. The van der Waals surface area contributed by atoms with Crippen LogP contribution in [0.2, 0.25) is 0 Å². The van der Waals surface area contributed by atoms with Crippen molar-refractivity contribution in [1.29, 1.82) is 0 Å². The Hall–Kier alpha value is -1.84. The molecule has 1 N–H and O–H groups in total. The van der Waals surface area contributed by atoms with Gasteiger partial charge in [-0.1, -0.05) is 32.0 Å². The standard InChI is InChI=1S/C19H26N2O2/c1-19(2)10-8-13(9-11-19)21(3)17(22)12-15-14-6-4-5-7-16(14)20-18(15)23/h4-7,13,15H,8-12H2,1-3H3,(H,20,23). The van der Waals surface area contributed by atoms with Crippen molar-refractivity contribution in [2.75, 3.05) is 12.4 Å². The quantitative estimate of drug-likeness (QED) is 0.927. The van der Waals surface area contributed by atoms with Gasteiger partial charge in [0.25, 0.3) is 0 Å². The summed E-state index contributed by atoms with van der Waals surface area (Å²) in [5, 5.41) is 2.87. The van der Waals surface area contributed by atoms with Crippen LogP contribution in [0.3, 0.4) is 0 Å². The number of benzene rings is 1. The number of rotatable bonds is 3. The van der Waals surface area contributed by atoms with Crippen LogP contribution in [0.5, 0.6) is 0 Å². The predicted octanol–water partition coefficient (Wildman–Crippen LogP) is 3.54. The molecule has 1 unspecified atom stereocenters. The molecule has 0 spiro atoms. The summed E-state index contributed by atoms with van der Waals surface area (Å²) < 4.78 is 0. The number of nitrogens with one attached hydrogen (secondary N) is 1. The van der Waals surface area contributed by atoms with Gasteiger partial charge in [0.1, 0.15) is 0 Å². The van der Waals surface area contributed by atoms with Crippen LogP contribution in [0.4, 0.5) is 5.69 Å². The largest absolute Gasteiger partial charge is 0.343 e. The van der Waals surface area contributed by atoms with Gasteiger partial charge in [-0.2, -0.15) is 0 Å². The number of hydrogen-bond acceptors (Lipinski definition) is 2. The highest BCUT2D eigenvalue weighted by Crippen LogP contribution is 2.38. The predicted molar refractivity (Wildman–Crippen MR) is 91.2 cm³/mol. The Morgan fingerprint density at radius 2 is 1.91 bits per heavy atom. The van der Waals surface area contributed by atoms with E-state index in [4.69, 9.17) is 0 Å². The maximum atomic E-state index is 12.7. The molecule has 1 fully saturated rings. The topological polar surface area (TPSA) is 49.4 Å². The molecule has 124 valence electrons. The van der Waals surface area contributed by atoms with Crippen LogP contribution in [0.1, 0.15) is 57.4 Å². The van der Waals surface area contributed by atoms with Crippen LogP contribution in [-0.4, -0.2) is 29.8 Å². The minimum absolute atomic E-state index is 0.0577. The van der Waals surface area contributed by atoms with Crippen LogP contribution in [0.15, 0.2) is 24.3 Å². The van der Waals surface area contributed by atoms with Gasteiger partial charge in [-0.05, 0) is 42.7 Å². The summed E-state index contributed by atoms with van der Waals surface area (Å²) in [4.78, 5) is 26.7. The van der Waals surface area contributed by atoms with Gasteiger partial charge in [0.15, 0.2) is 0 Å². The molecule has 0 radical (unpaired) electrons. The van der Waals surface area contributed by atoms with Crippen molar-refractivity contribution in [2.24, 2.45) is 5.41 Å². The van der Waals surface area contributed by atoms with E-state index in [-0.39, 0.29) is 24.2 Å². The van der Waals surface area contributed by atoms with E-state index in [0.717, 1.165) is 36.9 Å². The van der Waals surface area contributed by atoms with Crippen molar-refractivity contribution >= 4 is 17.5 Å². The molecule has 4 heteroatoms. The summed E-state index contributed by atoms with van der Waals surface area (Å²) >= 11 is 0. The Balaban J connectivity index is 1.64. The second kappa shape index (κ2) is 5.99. The number of hydrogen-bond donors (Lipinski definition) is 1. The van der Waals surface area contributed by atoms with Gasteiger partial charge in [-0.25, -0.2) is 0 Å². The first kappa shape index (κ1) is 16.0. The second-order valence-electron chi connectivity index (χ2n) is 7.73. The number of fused-ring (bicyclic) bond motifs is 1. The van der Waals surface area contributed by atoms with Crippen LogP contribution in [0, 0.1) is 5.41 Å². The van der Waals surface area contributed by atoms with Crippen LogP contribution in [-0.2, 0) is 9.59 Å². The van der Waals surface area contributed by atoms with Gasteiger partial charge in [0.05, 0.1) is 5.92 Å². The van der Waals surface area contributed by atoms with Gasteiger partial charge in [0.2, 0.25) is 11.8 Å². The summed E-state index contributed by atoms with van der Waals surface area (Å²) in [5.41, 5.74) is 2.19. The first-order valence-electron chi connectivity index (χ1n) is 8.53. The van der Waals surface area contributed by atoms with Crippen molar-refractivity contribution in [1.82, 2.24) is 4.90 Å². The van der Waals surface area contributed by atoms with Crippen LogP contribution in [0.25, 0.3) is 0 Å². The minimum Gasteiger partial charge on any atom is -0.343 e. The number of amides is 2. The highest BCUT2D eigenvalue weighted by molar-refractivity contribution is 6.04. The summed E-state index contributed by atoms with van der Waals surface area (Å²) in [5.74, 6) is -0.328. The first-order chi connectivity index (χ1) is 10.9. The fraction of sp³-hybridized carbons (Fsp3) is 0.579. The molecule has 1 aliphatic heterocycles. The zero-order chi connectivity index (χ0) is 16.6. The maximum absolute atomic E-state index is 12.7. The number of para-hydroxylation sites is 1. The van der Waals surface area contributed by atoms with Crippen molar-refractivity contribution in [3.05, 3.63) is 29.8 Å². The monoisotopic (exact) mass is 314 g/mol. The SMILES string of the molecule is CN(C(=O)CC1C(=O)Nc2ccccc21)C1CCC(C)(C)CC1. The molecule has 4 nitrogen and oxygen atoms in total. The van der Waals surface area contributed by atoms with E-state index in [1.807, 2.05) is 36.2 Å². The van der Waals surface area contributed by atoms with Crippen LogP contribution >= 0.6 is 0 Å². The zero-order valence-corrected chi connectivity index (χ0v) is 14.3. The molecule has 0 bridgehead atoms. The molecule has 23 heavy (non-hydrogen) atoms. The lowest BCUT2D eigenvalue weighted by molar-refractivity contribution is -0.135. The third kappa shape index (κ3) is 3.26. The number of nitrogens with zero attached hydrogens (tertiary/aromatic N) is 1. The number of carbonyl (C=O) groups is 2. The fourth-order valence-electron chi connectivity index (χ4n) is 3.77. The molecule has 3 rings (SSSR count). The Labute approximate surface area is 138 Å². The molecule has 0 saturated heterocycles. The highest BCUT2D eigenvalue weighted by atomic mass is 16.2. The Morgan fingerprint density at radius 3 is 2.61 bits per heavy atom. The lowest BCUT2D eigenvalue weighted by Crippen LogP contribution is -2.41. The van der Waals surface area contributed by atoms with E-state index in [1.54, 1.807) is 0 Å². The first-order valence-corrected chi connectivity index (χ1v) is 8.53. The molecule has 0 aromatic heterocycles. The van der Waals surface area contributed by atoms with Gasteiger partial charge in [-0.15, -0.1) is 0 Å². The van der Waals surface area contributed by atoms with Gasteiger partial charge >= 0.3 is 0 Å². The maximum Gasteiger partial charge on any atom is 0.232 e. The molecule has 2 aliphatic rings. The fourth-order valence-corrected chi connectivity index (χ4v) is 3.77. The van der Waals surface area contributed by atoms with E-state index >= 15 is 0 Å². The van der Waals surface area contributed by atoms with Crippen molar-refractivity contribution in [2.45, 2.75) is 57.9 Å². The van der Waals surface area contributed by atoms with E-state index in [1.165, 1.54) is 0 Å². The molecule has 1 aromatic rings. The zero-order valence-electron chi connectivity index (χ0n) is 14.3. The molecule has 1 atom stereocenters. The van der Waals surface area contributed by atoms with Crippen LogP contribution < -0.4 is 5.32 Å². The Kier molecular flexibility index (Phi) is 4.17. The van der Waals surface area contributed by atoms with E-state index in [9.17, 15) is 9.59 Å². The summed E-state index contributed by atoms with van der Waals surface area (Å²) in [6, 6.07) is 7.97. The third-order valence-corrected chi connectivity index (χ3v) is 5.54. The lowest BCUT2D eigenvalue weighted by atomic mass is 9.75. The van der Waals surface area contributed by atoms with Crippen molar-refractivity contribution in [3.8, 4) is 0 Å².